The Morgan fingerprint density at radius 2 is 2.17 bits per heavy atom. The molecular formula is C17H27N5O2. The van der Waals surface area contributed by atoms with Gasteiger partial charge in [0.05, 0.1) is 18.9 Å². The Hall–Kier alpha value is -1.73. The summed E-state index contributed by atoms with van der Waals surface area (Å²) in [6.07, 6.45) is 2.46. The largest absolute Gasteiger partial charge is 0.378 e. The average molecular weight is 333 g/mol. The maximum Gasteiger partial charge on any atom is 0.224 e. The zero-order valence-electron chi connectivity index (χ0n) is 14.6. The third-order valence-corrected chi connectivity index (χ3v) is 4.93. The summed E-state index contributed by atoms with van der Waals surface area (Å²) >= 11 is 0. The topological polar surface area (TPSA) is 70.6 Å². The monoisotopic (exact) mass is 333 g/mol. The van der Waals surface area contributed by atoms with Crippen molar-refractivity contribution in [2.45, 2.75) is 38.3 Å². The van der Waals surface area contributed by atoms with E-state index < -0.39 is 0 Å². The SMILES string of the molecule is Cc1ccc(N(C)C2CCN(C(=O)CC3COCCN3)CC2)nn1. The third-order valence-electron chi connectivity index (χ3n) is 4.93. The van der Waals surface area contributed by atoms with Gasteiger partial charge in [0.25, 0.3) is 0 Å². The molecule has 0 bridgehead atoms. The van der Waals surface area contributed by atoms with Gasteiger partial charge in [0.15, 0.2) is 5.82 Å². The third kappa shape index (κ3) is 4.21. The highest BCUT2D eigenvalue weighted by Gasteiger charge is 2.27. The molecule has 132 valence electrons. The van der Waals surface area contributed by atoms with Crippen LogP contribution in [0.3, 0.4) is 0 Å². The predicted octanol–water partition coefficient (Wildman–Crippen LogP) is 0.591. The van der Waals surface area contributed by atoms with Crippen LogP contribution in [-0.4, -0.2) is 73.0 Å². The minimum atomic E-state index is 0.162. The summed E-state index contributed by atoms with van der Waals surface area (Å²) in [5.74, 6) is 1.13. The number of aryl methyl sites for hydroxylation is 1. The summed E-state index contributed by atoms with van der Waals surface area (Å²) in [5, 5.41) is 11.7. The normalized spacial score (nSPS) is 22.4. The molecule has 1 aromatic rings. The van der Waals surface area contributed by atoms with Crippen LogP contribution in [0.2, 0.25) is 0 Å². The van der Waals surface area contributed by atoms with Crippen molar-refractivity contribution in [2.75, 3.05) is 44.8 Å². The molecule has 1 N–H and O–H groups in total. The summed E-state index contributed by atoms with van der Waals surface area (Å²) in [5.41, 5.74) is 0.924. The van der Waals surface area contributed by atoms with E-state index in [-0.39, 0.29) is 11.9 Å². The second-order valence-corrected chi connectivity index (χ2v) is 6.69. The van der Waals surface area contributed by atoms with Gasteiger partial charge in [0.1, 0.15) is 0 Å². The van der Waals surface area contributed by atoms with E-state index in [0.717, 1.165) is 50.6 Å². The lowest BCUT2D eigenvalue weighted by atomic mass is 10.0. The van der Waals surface area contributed by atoms with Gasteiger partial charge in [-0.25, -0.2) is 0 Å². The summed E-state index contributed by atoms with van der Waals surface area (Å²) in [6.45, 7) is 5.76. The molecule has 1 aromatic heterocycles. The highest BCUT2D eigenvalue weighted by Crippen LogP contribution is 2.20. The van der Waals surface area contributed by atoms with Gasteiger partial charge in [-0.05, 0) is 31.9 Å². The van der Waals surface area contributed by atoms with Crippen LogP contribution in [0.5, 0.6) is 0 Å². The molecule has 3 heterocycles. The molecule has 24 heavy (non-hydrogen) atoms. The number of hydrogen-bond acceptors (Lipinski definition) is 6. The van der Waals surface area contributed by atoms with Gasteiger partial charge in [-0.3, -0.25) is 4.79 Å². The number of carbonyl (C=O) groups is 1. The van der Waals surface area contributed by atoms with Crippen LogP contribution in [0.1, 0.15) is 25.0 Å². The van der Waals surface area contributed by atoms with Crippen LogP contribution < -0.4 is 10.2 Å². The first-order valence-electron chi connectivity index (χ1n) is 8.75. The number of nitrogens with zero attached hydrogens (tertiary/aromatic N) is 4. The molecule has 0 radical (unpaired) electrons. The van der Waals surface area contributed by atoms with Gasteiger partial charge in [-0.1, -0.05) is 0 Å². The van der Waals surface area contributed by atoms with E-state index in [4.69, 9.17) is 4.74 Å². The van der Waals surface area contributed by atoms with Gasteiger partial charge in [0, 0.05) is 45.2 Å². The number of amides is 1. The van der Waals surface area contributed by atoms with Crippen LogP contribution in [0.4, 0.5) is 5.82 Å². The van der Waals surface area contributed by atoms with Crippen LogP contribution in [0.15, 0.2) is 12.1 Å². The fraction of sp³-hybridized carbons (Fsp3) is 0.706. The van der Waals surface area contributed by atoms with Crippen molar-refractivity contribution in [2.24, 2.45) is 0 Å². The summed E-state index contributed by atoms with van der Waals surface area (Å²) in [4.78, 5) is 16.6. The summed E-state index contributed by atoms with van der Waals surface area (Å²) in [6, 6.07) is 4.56. The Labute approximate surface area is 143 Å². The molecule has 0 aromatic carbocycles. The lowest BCUT2D eigenvalue weighted by molar-refractivity contribution is -0.133. The number of piperidine rings is 1. The Bertz CT molecular complexity index is 536. The number of rotatable bonds is 4. The van der Waals surface area contributed by atoms with Crippen molar-refractivity contribution in [3.05, 3.63) is 17.8 Å². The Morgan fingerprint density at radius 3 is 2.79 bits per heavy atom. The maximum atomic E-state index is 12.4. The lowest BCUT2D eigenvalue weighted by Gasteiger charge is -2.37. The number of nitrogens with one attached hydrogen (secondary N) is 1. The van der Waals surface area contributed by atoms with Gasteiger partial charge < -0.3 is 19.9 Å². The van der Waals surface area contributed by atoms with E-state index in [2.05, 4.69) is 27.5 Å². The smallest absolute Gasteiger partial charge is 0.224 e. The number of carbonyl (C=O) groups excluding carboxylic acids is 1. The second kappa shape index (κ2) is 7.90. The molecule has 2 fully saturated rings. The Morgan fingerprint density at radius 1 is 1.38 bits per heavy atom. The lowest BCUT2D eigenvalue weighted by Crippen LogP contribution is -2.49. The second-order valence-electron chi connectivity index (χ2n) is 6.69. The van der Waals surface area contributed by atoms with Crippen molar-refractivity contribution in [1.82, 2.24) is 20.4 Å². The zero-order chi connectivity index (χ0) is 16.9. The molecule has 2 saturated heterocycles. The number of anilines is 1. The first kappa shape index (κ1) is 17.1. The molecule has 1 atom stereocenters. The van der Waals surface area contributed by atoms with Crippen molar-refractivity contribution in [3.8, 4) is 0 Å². The standard InChI is InChI=1S/C17H27N5O2/c1-13-3-4-16(20-19-13)21(2)15-5-8-22(9-6-15)17(23)11-14-12-24-10-7-18-14/h3-4,14-15,18H,5-12H2,1-2H3. The Balaban J connectivity index is 1.47. The zero-order valence-corrected chi connectivity index (χ0v) is 14.6. The van der Waals surface area contributed by atoms with Crippen molar-refractivity contribution in [3.63, 3.8) is 0 Å². The average Bonchev–Trinajstić information content (AvgIpc) is 2.63. The van der Waals surface area contributed by atoms with E-state index in [0.29, 0.717) is 19.1 Å². The number of likely N-dealkylation sites (tertiary alicyclic amines) is 1. The highest BCUT2D eigenvalue weighted by atomic mass is 16.5. The fourth-order valence-electron chi connectivity index (χ4n) is 3.36. The molecule has 2 aliphatic rings. The van der Waals surface area contributed by atoms with E-state index in [1.807, 2.05) is 24.0 Å². The molecule has 1 unspecified atom stereocenters. The number of aromatic nitrogens is 2. The molecule has 0 aliphatic carbocycles. The summed E-state index contributed by atoms with van der Waals surface area (Å²) in [7, 11) is 2.06. The molecule has 3 rings (SSSR count). The van der Waals surface area contributed by atoms with Gasteiger partial charge in [0.2, 0.25) is 5.91 Å². The van der Waals surface area contributed by atoms with E-state index in [1.54, 1.807) is 0 Å². The number of morpholine rings is 1. The van der Waals surface area contributed by atoms with E-state index in [1.165, 1.54) is 0 Å². The first-order valence-corrected chi connectivity index (χ1v) is 8.75. The molecular weight excluding hydrogens is 306 g/mol. The highest BCUT2D eigenvalue weighted by molar-refractivity contribution is 5.77. The summed E-state index contributed by atoms with van der Waals surface area (Å²) < 4.78 is 5.42. The fourth-order valence-corrected chi connectivity index (χ4v) is 3.36. The van der Waals surface area contributed by atoms with Crippen molar-refractivity contribution in [1.29, 1.82) is 0 Å². The van der Waals surface area contributed by atoms with Gasteiger partial charge in [-0.2, -0.15) is 5.10 Å². The van der Waals surface area contributed by atoms with E-state index in [9.17, 15) is 4.79 Å². The first-order chi connectivity index (χ1) is 11.6. The molecule has 1 amide bonds. The Kier molecular flexibility index (Phi) is 5.63. The van der Waals surface area contributed by atoms with Crippen LogP contribution in [-0.2, 0) is 9.53 Å². The minimum Gasteiger partial charge on any atom is -0.378 e. The van der Waals surface area contributed by atoms with Gasteiger partial charge in [-0.15, -0.1) is 5.10 Å². The minimum absolute atomic E-state index is 0.162. The van der Waals surface area contributed by atoms with Crippen LogP contribution >= 0.6 is 0 Å². The molecule has 2 aliphatic heterocycles. The molecule has 0 spiro atoms. The van der Waals surface area contributed by atoms with Crippen molar-refractivity contribution >= 4 is 11.7 Å². The van der Waals surface area contributed by atoms with E-state index >= 15 is 0 Å². The molecule has 0 saturated carbocycles. The van der Waals surface area contributed by atoms with Crippen LogP contribution in [0.25, 0.3) is 0 Å². The molecule has 7 heteroatoms. The number of ether oxygens (including phenoxy) is 1. The van der Waals surface area contributed by atoms with Crippen molar-refractivity contribution < 1.29 is 9.53 Å². The van der Waals surface area contributed by atoms with Crippen LogP contribution in [0, 0.1) is 6.92 Å². The molecule has 7 nitrogen and oxygen atoms in total. The number of hydrogen-bond donors (Lipinski definition) is 1. The predicted molar refractivity (Wildman–Crippen MR) is 92.0 cm³/mol. The quantitative estimate of drug-likeness (QED) is 0.870. The maximum absolute atomic E-state index is 12.4. The van der Waals surface area contributed by atoms with Gasteiger partial charge >= 0.3 is 0 Å².